The summed E-state index contributed by atoms with van der Waals surface area (Å²) in [5, 5.41) is 7.81. The Morgan fingerprint density at radius 1 is 1.16 bits per heavy atom. The number of carbonyl (C=O) groups excluding carboxylic acids is 2. The average molecular weight is 417 g/mol. The molecule has 1 N–H and O–H groups in total. The van der Waals surface area contributed by atoms with Crippen molar-refractivity contribution in [2.75, 3.05) is 6.54 Å². The van der Waals surface area contributed by atoms with E-state index in [4.69, 9.17) is 4.52 Å². The largest absolute Gasteiger partial charge is 0.360 e. The van der Waals surface area contributed by atoms with Crippen molar-refractivity contribution in [2.45, 2.75) is 19.8 Å². The highest BCUT2D eigenvalue weighted by Crippen LogP contribution is 2.29. The Hall–Kier alpha value is -3.74. The van der Waals surface area contributed by atoms with Gasteiger partial charge >= 0.3 is 0 Å². The van der Waals surface area contributed by atoms with Crippen LogP contribution in [-0.2, 0) is 0 Å². The zero-order valence-corrected chi connectivity index (χ0v) is 16.9. The minimum Gasteiger partial charge on any atom is -0.360 e. The zero-order valence-electron chi connectivity index (χ0n) is 16.9. The second-order valence-corrected chi connectivity index (χ2v) is 7.89. The smallest absolute Gasteiger partial charge is 0.268 e. The van der Waals surface area contributed by atoms with Crippen LogP contribution in [-0.4, -0.2) is 28.1 Å². The van der Waals surface area contributed by atoms with Crippen LogP contribution in [0.4, 0.5) is 4.39 Å². The maximum atomic E-state index is 13.5. The van der Waals surface area contributed by atoms with Crippen molar-refractivity contribution < 1.29 is 18.5 Å². The minimum absolute atomic E-state index is 0.151. The van der Waals surface area contributed by atoms with Crippen LogP contribution < -0.4 is 5.32 Å². The molecule has 0 saturated heterocycles. The SMILES string of the molecule is Cc1onc(-c2ccc(F)cc2)c1C(=O)n1ccc2ccc(C(=O)NCC3CC3)cc21. The third-order valence-electron chi connectivity index (χ3n) is 5.62. The van der Waals surface area contributed by atoms with E-state index in [1.807, 2.05) is 12.1 Å². The van der Waals surface area contributed by atoms with Gasteiger partial charge in [-0.05, 0) is 68.1 Å². The molecule has 2 aromatic carbocycles. The lowest BCUT2D eigenvalue weighted by molar-refractivity contribution is 0.0945. The molecule has 1 saturated carbocycles. The second kappa shape index (κ2) is 7.50. The molecule has 1 aliphatic rings. The lowest BCUT2D eigenvalue weighted by Gasteiger charge is -2.08. The van der Waals surface area contributed by atoms with Gasteiger partial charge in [0.25, 0.3) is 11.8 Å². The van der Waals surface area contributed by atoms with Crippen LogP contribution in [0.5, 0.6) is 0 Å². The highest BCUT2D eigenvalue weighted by Gasteiger charge is 2.25. The molecule has 2 aromatic heterocycles. The summed E-state index contributed by atoms with van der Waals surface area (Å²) in [5.74, 6) is 0.0931. The van der Waals surface area contributed by atoms with E-state index in [1.54, 1.807) is 37.4 Å². The number of fused-ring (bicyclic) bond motifs is 1. The Labute approximate surface area is 177 Å². The molecule has 1 aliphatic carbocycles. The standard InChI is InChI=1S/C24H20FN3O3/c1-14-21(22(27-31-14)17-6-8-19(25)9-7-17)24(30)28-11-10-16-4-5-18(12-20(16)28)23(29)26-13-15-2-3-15/h4-12,15H,2-3,13H2,1H3,(H,26,29). The summed E-state index contributed by atoms with van der Waals surface area (Å²) in [7, 11) is 0. The van der Waals surface area contributed by atoms with E-state index in [2.05, 4.69) is 10.5 Å². The summed E-state index contributed by atoms with van der Waals surface area (Å²) in [4.78, 5) is 26.0. The molecule has 1 fully saturated rings. The number of amides is 1. The zero-order chi connectivity index (χ0) is 21.5. The topological polar surface area (TPSA) is 77.1 Å². The van der Waals surface area contributed by atoms with Crippen LogP contribution in [0.2, 0.25) is 0 Å². The van der Waals surface area contributed by atoms with Gasteiger partial charge in [0.2, 0.25) is 0 Å². The monoisotopic (exact) mass is 417 g/mol. The average Bonchev–Trinajstić information content (AvgIpc) is 3.39. The lowest BCUT2D eigenvalue weighted by Crippen LogP contribution is -2.25. The van der Waals surface area contributed by atoms with E-state index in [1.165, 1.54) is 16.7 Å². The van der Waals surface area contributed by atoms with Gasteiger partial charge in [0.15, 0.2) is 0 Å². The molecule has 0 aliphatic heterocycles. The number of carbonyl (C=O) groups is 2. The van der Waals surface area contributed by atoms with Crippen LogP contribution in [0.15, 0.2) is 59.3 Å². The summed E-state index contributed by atoms with van der Waals surface area (Å²) in [5.41, 5.74) is 2.35. The number of nitrogens with zero attached hydrogens (tertiary/aromatic N) is 2. The number of hydrogen-bond donors (Lipinski definition) is 1. The molecule has 5 rings (SSSR count). The van der Waals surface area contributed by atoms with Crippen LogP contribution in [0, 0.1) is 18.7 Å². The molecule has 156 valence electrons. The molecule has 2 heterocycles. The Balaban J connectivity index is 1.51. The molecule has 31 heavy (non-hydrogen) atoms. The van der Waals surface area contributed by atoms with E-state index < -0.39 is 0 Å². The van der Waals surface area contributed by atoms with Crippen molar-refractivity contribution >= 4 is 22.7 Å². The highest BCUT2D eigenvalue weighted by molar-refractivity contribution is 6.07. The van der Waals surface area contributed by atoms with Crippen molar-refractivity contribution in [3.63, 3.8) is 0 Å². The molecule has 0 radical (unpaired) electrons. The summed E-state index contributed by atoms with van der Waals surface area (Å²) >= 11 is 0. The van der Waals surface area contributed by atoms with Gasteiger partial charge in [-0.15, -0.1) is 0 Å². The summed E-state index contributed by atoms with van der Waals surface area (Å²) in [6, 6.07) is 12.9. The van der Waals surface area contributed by atoms with Gasteiger partial charge in [0, 0.05) is 29.3 Å². The fraction of sp³-hybridized carbons (Fsp3) is 0.208. The number of rotatable bonds is 5. The van der Waals surface area contributed by atoms with Gasteiger partial charge in [0.05, 0.1) is 5.52 Å². The van der Waals surface area contributed by atoms with Crippen LogP contribution in [0.25, 0.3) is 22.2 Å². The van der Waals surface area contributed by atoms with E-state index in [-0.39, 0.29) is 17.6 Å². The van der Waals surface area contributed by atoms with Crippen LogP contribution in [0.3, 0.4) is 0 Å². The van der Waals surface area contributed by atoms with Crippen molar-refractivity contribution in [3.05, 3.63) is 77.4 Å². The Kier molecular flexibility index (Phi) is 4.66. The molecule has 1 amide bonds. The maximum absolute atomic E-state index is 13.5. The number of halogens is 1. The predicted molar refractivity (Wildman–Crippen MR) is 113 cm³/mol. The third-order valence-corrected chi connectivity index (χ3v) is 5.62. The molecular weight excluding hydrogens is 397 g/mol. The lowest BCUT2D eigenvalue weighted by atomic mass is 10.1. The van der Waals surface area contributed by atoms with Crippen molar-refractivity contribution in [1.82, 2.24) is 15.0 Å². The van der Waals surface area contributed by atoms with Gasteiger partial charge < -0.3 is 9.84 Å². The van der Waals surface area contributed by atoms with Gasteiger partial charge in [-0.2, -0.15) is 0 Å². The summed E-state index contributed by atoms with van der Waals surface area (Å²) in [6.07, 6.45) is 3.98. The molecule has 4 aromatic rings. The number of nitrogens with one attached hydrogen (secondary N) is 1. The van der Waals surface area contributed by atoms with Crippen LogP contribution >= 0.6 is 0 Å². The normalized spacial score (nSPS) is 13.5. The molecule has 0 unspecified atom stereocenters. The molecule has 6 nitrogen and oxygen atoms in total. The van der Waals surface area contributed by atoms with Crippen molar-refractivity contribution in [2.24, 2.45) is 5.92 Å². The summed E-state index contributed by atoms with van der Waals surface area (Å²) in [6.45, 7) is 2.34. The van der Waals surface area contributed by atoms with Gasteiger partial charge in [-0.3, -0.25) is 14.2 Å². The second-order valence-electron chi connectivity index (χ2n) is 7.89. The summed E-state index contributed by atoms with van der Waals surface area (Å²) < 4.78 is 20.1. The first-order valence-electron chi connectivity index (χ1n) is 10.2. The van der Waals surface area contributed by atoms with Gasteiger partial charge in [-0.1, -0.05) is 11.2 Å². The maximum Gasteiger partial charge on any atom is 0.268 e. The quantitative estimate of drug-likeness (QED) is 0.516. The molecule has 0 spiro atoms. The molecule has 0 atom stereocenters. The first-order chi connectivity index (χ1) is 15.0. The number of aryl methyl sites for hydroxylation is 1. The van der Waals surface area contributed by atoms with Crippen LogP contribution in [0.1, 0.15) is 39.3 Å². The molecule has 0 bridgehead atoms. The number of hydrogen-bond acceptors (Lipinski definition) is 4. The fourth-order valence-corrected chi connectivity index (χ4v) is 3.66. The van der Waals surface area contributed by atoms with Gasteiger partial charge in [-0.25, -0.2) is 4.39 Å². The first kappa shape index (κ1) is 19.2. The van der Waals surface area contributed by atoms with Gasteiger partial charge in [0.1, 0.15) is 22.8 Å². The number of benzene rings is 2. The number of aromatic nitrogens is 2. The van der Waals surface area contributed by atoms with E-state index >= 15 is 0 Å². The third kappa shape index (κ3) is 3.63. The van der Waals surface area contributed by atoms with E-state index in [0.29, 0.717) is 46.1 Å². The molecular formula is C24H20FN3O3. The van der Waals surface area contributed by atoms with Crippen molar-refractivity contribution in [3.8, 4) is 11.3 Å². The highest BCUT2D eigenvalue weighted by atomic mass is 19.1. The Morgan fingerprint density at radius 3 is 2.68 bits per heavy atom. The predicted octanol–water partition coefficient (Wildman–Crippen LogP) is 4.57. The minimum atomic E-state index is -0.374. The van der Waals surface area contributed by atoms with E-state index in [0.717, 1.165) is 18.2 Å². The fourth-order valence-electron chi connectivity index (χ4n) is 3.66. The van der Waals surface area contributed by atoms with E-state index in [9.17, 15) is 14.0 Å². The molecule has 7 heteroatoms. The first-order valence-corrected chi connectivity index (χ1v) is 10.2. The van der Waals surface area contributed by atoms with Crippen molar-refractivity contribution in [1.29, 1.82) is 0 Å². The Morgan fingerprint density at radius 2 is 1.94 bits per heavy atom. The Bertz CT molecular complexity index is 1300.